The Balaban J connectivity index is 2.38. The van der Waals surface area contributed by atoms with E-state index in [0.717, 1.165) is 12.3 Å². The maximum atomic E-state index is 12.9. The molecule has 2 rings (SSSR count). The van der Waals surface area contributed by atoms with Crippen molar-refractivity contribution >= 4 is 23.8 Å². The van der Waals surface area contributed by atoms with Crippen LogP contribution >= 0.6 is 0 Å². The summed E-state index contributed by atoms with van der Waals surface area (Å²) in [4.78, 5) is 26.0. The van der Waals surface area contributed by atoms with Crippen LogP contribution in [0.1, 0.15) is 28.5 Å². The number of ether oxygens (including phenoxy) is 1. The summed E-state index contributed by atoms with van der Waals surface area (Å²) >= 11 is 0. The Hall–Kier alpha value is -3.09. The molecule has 118 valence electrons. The summed E-state index contributed by atoms with van der Waals surface area (Å²) in [5.41, 5.74) is 0.631. The Morgan fingerprint density at radius 2 is 2.04 bits per heavy atom. The van der Waals surface area contributed by atoms with E-state index in [1.54, 1.807) is 25.1 Å². The van der Waals surface area contributed by atoms with Crippen molar-refractivity contribution in [2.75, 3.05) is 6.61 Å². The lowest BCUT2D eigenvalue weighted by Crippen LogP contribution is -2.08. The van der Waals surface area contributed by atoms with Crippen LogP contribution in [0.2, 0.25) is 0 Å². The fraction of sp³-hybridized carbons (Fsp3) is 0.125. The highest BCUT2D eigenvalue weighted by molar-refractivity contribution is 5.94. The van der Waals surface area contributed by atoms with Gasteiger partial charge in [-0.25, -0.2) is 14.2 Å². The monoisotopic (exact) mass is 316 g/mol. The second-order valence-corrected chi connectivity index (χ2v) is 4.49. The van der Waals surface area contributed by atoms with Crippen molar-refractivity contribution in [1.29, 1.82) is 0 Å². The summed E-state index contributed by atoms with van der Waals surface area (Å²) in [7, 11) is 0. The molecule has 0 atom stereocenters. The van der Waals surface area contributed by atoms with Crippen LogP contribution in [-0.4, -0.2) is 22.5 Å². The molecule has 23 heavy (non-hydrogen) atoms. The Bertz CT molecular complexity index is 757. The van der Waals surface area contributed by atoms with E-state index < -0.39 is 10.9 Å². The summed E-state index contributed by atoms with van der Waals surface area (Å²) in [6, 6.07) is 6.84. The zero-order valence-corrected chi connectivity index (χ0v) is 12.2. The molecule has 0 radical (unpaired) electrons. The van der Waals surface area contributed by atoms with Gasteiger partial charge in [0.1, 0.15) is 12.0 Å². The van der Waals surface area contributed by atoms with E-state index in [2.05, 4.69) is 4.98 Å². The number of rotatable bonds is 5. The zero-order valence-electron chi connectivity index (χ0n) is 12.2. The quantitative estimate of drug-likeness (QED) is 0.479. The highest BCUT2D eigenvalue weighted by Crippen LogP contribution is 2.18. The number of nitro groups is 1. The van der Waals surface area contributed by atoms with Crippen LogP contribution < -0.4 is 0 Å². The van der Waals surface area contributed by atoms with Gasteiger partial charge >= 0.3 is 5.97 Å². The van der Waals surface area contributed by atoms with Gasteiger partial charge in [-0.3, -0.25) is 10.1 Å². The van der Waals surface area contributed by atoms with Crippen molar-refractivity contribution in [3.63, 3.8) is 0 Å². The van der Waals surface area contributed by atoms with Crippen LogP contribution in [0.15, 0.2) is 36.5 Å². The first kappa shape index (κ1) is 16.3. The molecule has 0 spiro atoms. The van der Waals surface area contributed by atoms with Gasteiger partial charge in [0, 0.05) is 6.07 Å². The summed E-state index contributed by atoms with van der Waals surface area (Å²) in [6.45, 7) is 1.78. The number of hydrogen-bond donors (Lipinski definition) is 0. The van der Waals surface area contributed by atoms with Gasteiger partial charge in [-0.05, 0) is 30.7 Å². The molecule has 0 aliphatic carbocycles. The fourth-order valence-electron chi connectivity index (χ4n) is 1.82. The molecule has 0 bridgehead atoms. The largest absolute Gasteiger partial charge is 0.462 e. The molecule has 1 aromatic carbocycles. The van der Waals surface area contributed by atoms with Gasteiger partial charge in [0.2, 0.25) is 0 Å². The Kier molecular flexibility index (Phi) is 5.14. The second-order valence-electron chi connectivity index (χ2n) is 4.49. The van der Waals surface area contributed by atoms with E-state index >= 15 is 0 Å². The van der Waals surface area contributed by atoms with Crippen LogP contribution in [0.3, 0.4) is 0 Å². The third-order valence-corrected chi connectivity index (χ3v) is 2.91. The van der Waals surface area contributed by atoms with Crippen LogP contribution in [0, 0.1) is 15.9 Å². The molecule has 0 amide bonds. The Morgan fingerprint density at radius 3 is 2.65 bits per heavy atom. The molecule has 1 aromatic heterocycles. The topological polar surface area (TPSA) is 82.3 Å². The summed E-state index contributed by atoms with van der Waals surface area (Å²) < 4.78 is 17.7. The van der Waals surface area contributed by atoms with E-state index in [1.807, 2.05) is 0 Å². The lowest BCUT2D eigenvalue weighted by molar-refractivity contribution is -0.385. The summed E-state index contributed by atoms with van der Waals surface area (Å²) in [5, 5.41) is 10.8. The average Bonchev–Trinajstić information content (AvgIpc) is 2.54. The van der Waals surface area contributed by atoms with Crippen molar-refractivity contribution < 1.29 is 18.8 Å². The fourth-order valence-corrected chi connectivity index (χ4v) is 1.82. The minimum absolute atomic E-state index is 0.000545. The average molecular weight is 316 g/mol. The molecule has 7 heteroatoms. The number of carbonyl (C=O) groups is 1. The maximum absolute atomic E-state index is 12.9. The number of pyridine rings is 1. The lowest BCUT2D eigenvalue weighted by atomic mass is 10.1. The van der Waals surface area contributed by atoms with E-state index in [1.165, 1.54) is 18.2 Å². The molecule has 2 aromatic rings. The number of benzene rings is 1. The normalized spacial score (nSPS) is 10.7. The predicted molar refractivity (Wildman–Crippen MR) is 82.2 cm³/mol. The van der Waals surface area contributed by atoms with Crippen molar-refractivity contribution in [3.05, 3.63) is 69.3 Å². The predicted octanol–water partition coefficient (Wildman–Crippen LogP) is 3.48. The summed E-state index contributed by atoms with van der Waals surface area (Å²) in [6.07, 6.45) is 4.20. The molecule has 0 aliphatic rings. The molecular formula is C16H13FN2O4. The van der Waals surface area contributed by atoms with Gasteiger partial charge in [-0.2, -0.15) is 0 Å². The van der Waals surface area contributed by atoms with Crippen LogP contribution in [0.25, 0.3) is 12.2 Å². The minimum atomic E-state index is -0.692. The Morgan fingerprint density at radius 1 is 1.35 bits per heavy atom. The smallest absolute Gasteiger partial charge is 0.340 e. The Labute approximate surface area is 131 Å². The van der Waals surface area contributed by atoms with Gasteiger partial charge in [0.05, 0.1) is 22.8 Å². The number of halogens is 1. The van der Waals surface area contributed by atoms with Crippen molar-refractivity contribution in [1.82, 2.24) is 4.98 Å². The molecule has 0 saturated carbocycles. The molecule has 0 unspecified atom stereocenters. The molecule has 0 N–H and O–H groups in total. The molecule has 1 heterocycles. The standard InChI is InChI=1S/C16H13FN2O4/c1-2-23-16(20)14-9-13(19(21)22)10-18-15(14)8-5-11-3-6-12(17)7-4-11/h3-10H,2H2,1H3/b8-5+. The van der Waals surface area contributed by atoms with Crippen molar-refractivity contribution in [3.8, 4) is 0 Å². The number of aromatic nitrogens is 1. The van der Waals surface area contributed by atoms with Gasteiger partial charge in [-0.15, -0.1) is 0 Å². The molecule has 0 saturated heterocycles. The van der Waals surface area contributed by atoms with Gasteiger partial charge in [0.15, 0.2) is 0 Å². The first-order valence-corrected chi connectivity index (χ1v) is 6.76. The first-order valence-electron chi connectivity index (χ1n) is 6.76. The van der Waals surface area contributed by atoms with Crippen molar-refractivity contribution in [2.24, 2.45) is 0 Å². The van der Waals surface area contributed by atoms with Crippen LogP contribution in [0.4, 0.5) is 10.1 Å². The zero-order chi connectivity index (χ0) is 16.8. The first-order chi connectivity index (χ1) is 11.0. The lowest BCUT2D eigenvalue weighted by Gasteiger charge is -2.05. The molecule has 0 fully saturated rings. The highest BCUT2D eigenvalue weighted by atomic mass is 19.1. The highest BCUT2D eigenvalue weighted by Gasteiger charge is 2.17. The molecular weight excluding hydrogens is 303 g/mol. The van der Waals surface area contributed by atoms with Gasteiger partial charge in [0.25, 0.3) is 5.69 Å². The third kappa shape index (κ3) is 4.19. The summed E-state index contributed by atoms with van der Waals surface area (Å²) in [5.74, 6) is -1.05. The number of esters is 1. The molecule has 0 aliphatic heterocycles. The SMILES string of the molecule is CCOC(=O)c1cc([N+](=O)[O-])cnc1/C=C/c1ccc(F)cc1. The van der Waals surface area contributed by atoms with E-state index in [4.69, 9.17) is 4.74 Å². The van der Waals surface area contributed by atoms with Crippen molar-refractivity contribution in [2.45, 2.75) is 6.92 Å². The number of nitrogens with zero attached hydrogens (tertiary/aromatic N) is 2. The van der Waals surface area contributed by atoms with Crippen LogP contribution in [0.5, 0.6) is 0 Å². The minimum Gasteiger partial charge on any atom is -0.462 e. The van der Waals surface area contributed by atoms with E-state index in [9.17, 15) is 19.3 Å². The maximum Gasteiger partial charge on any atom is 0.340 e. The van der Waals surface area contributed by atoms with E-state index in [-0.39, 0.29) is 29.4 Å². The van der Waals surface area contributed by atoms with Crippen LogP contribution in [-0.2, 0) is 4.74 Å². The second kappa shape index (κ2) is 7.26. The molecule has 6 nitrogen and oxygen atoms in total. The third-order valence-electron chi connectivity index (χ3n) is 2.91. The number of carbonyl (C=O) groups excluding carboxylic acids is 1. The van der Waals surface area contributed by atoms with E-state index in [0.29, 0.717) is 5.56 Å². The van der Waals surface area contributed by atoms with Gasteiger partial charge < -0.3 is 4.74 Å². The van der Waals surface area contributed by atoms with Gasteiger partial charge in [-0.1, -0.05) is 18.2 Å². The number of hydrogen-bond acceptors (Lipinski definition) is 5.